The zero-order valence-electron chi connectivity index (χ0n) is 14.1. The minimum atomic E-state index is -3.57. The lowest BCUT2D eigenvalue weighted by molar-refractivity contribution is -0.114. The van der Waals surface area contributed by atoms with Crippen LogP contribution in [0.3, 0.4) is 0 Å². The molecule has 0 aromatic heterocycles. The molecule has 0 aliphatic heterocycles. The predicted octanol–water partition coefficient (Wildman–Crippen LogP) is 2.96. The fourth-order valence-electron chi connectivity index (χ4n) is 2.45. The summed E-state index contributed by atoms with van der Waals surface area (Å²) in [6.07, 6.45) is 1.88. The molecular formula is C18H22N2O3S. The summed E-state index contributed by atoms with van der Waals surface area (Å²) in [5.74, 6) is -0.372. The number of hydrogen-bond acceptors (Lipinski definition) is 3. The summed E-state index contributed by atoms with van der Waals surface area (Å²) in [5, 5.41) is 2.80. The van der Waals surface area contributed by atoms with Gasteiger partial charge in [0, 0.05) is 5.69 Å². The number of anilines is 2. The van der Waals surface area contributed by atoms with Crippen LogP contribution in [-0.4, -0.2) is 27.1 Å². The highest BCUT2D eigenvalue weighted by molar-refractivity contribution is 7.92. The van der Waals surface area contributed by atoms with Crippen molar-refractivity contribution in [2.24, 2.45) is 0 Å². The summed E-state index contributed by atoms with van der Waals surface area (Å²) in [4.78, 5) is 12.4. The van der Waals surface area contributed by atoms with E-state index in [1.54, 1.807) is 18.2 Å². The molecular weight excluding hydrogens is 324 g/mol. The van der Waals surface area contributed by atoms with Crippen molar-refractivity contribution in [3.05, 3.63) is 59.7 Å². The lowest BCUT2D eigenvalue weighted by Gasteiger charge is -2.22. The van der Waals surface area contributed by atoms with Gasteiger partial charge in [-0.3, -0.25) is 9.10 Å². The number of rotatable bonds is 6. The zero-order chi connectivity index (χ0) is 17.7. The average molecular weight is 346 g/mol. The maximum atomic E-state index is 12.4. The van der Waals surface area contributed by atoms with Crippen LogP contribution in [0, 0.1) is 6.92 Å². The molecule has 2 aromatic rings. The van der Waals surface area contributed by atoms with Gasteiger partial charge in [0.1, 0.15) is 6.54 Å². The standard InChI is InChI=1S/C18H22N2O3S/c1-4-15-9-5-6-11-17(15)19-18(21)13-20(24(3,22)23)16-10-7-8-14(2)12-16/h5-12H,4,13H2,1-3H3,(H,19,21). The zero-order valence-corrected chi connectivity index (χ0v) is 14.9. The monoisotopic (exact) mass is 346 g/mol. The number of benzene rings is 2. The minimum absolute atomic E-state index is 0.264. The number of nitrogens with one attached hydrogen (secondary N) is 1. The van der Waals surface area contributed by atoms with E-state index in [9.17, 15) is 13.2 Å². The summed E-state index contributed by atoms with van der Waals surface area (Å²) in [6.45, 7) is 3.61. The van der Waals surface area contributed by atoms with Crippen molar-refractivity contribution in [3.63, 3.8) is 0 Å². The first-order valence-electron chi connectivity index (χ1n) is 7.73. The molecule has 0 aliphatic rings. The first-order chi connectivity index (χ1) is 11.3. The number of amides is 1. The normalized spacial score (nSPS) is 11.1. The second-order valence-corrected chi connectivity index (χ2v) is 7.57. The Balaban J connectivity index is 2.23. The van der Waals surface area contributed by atoms with Gasteiger partial charge < -0.3 is 5.32 Å². The van der Waals surface area contributed by atoms with Crippen LogP contribution in [0.4, 0.5) is 11.4 Å². The van der Waals surface area contributed by atoms with Crippen LogP contribution in [0.1, 0.15) is 18.1 Å². The van der Waals surface area contributed by atoms with E-state index < -0.39 is 10.0 Å². The number of nitrogens with zero attached hydrogens (tertiary/aromatic N) is 1. The van der Waals surface area contributed by atoms with Crippen LogP contribution in [0.15, 0.2) is 48.5 Å². The van der Waals surface area contributed by atoms with Crippen molar-refractivity contribution in [1.29, 1.82) is 0 Å². The Kier molecular flexibility index (Phi) is 5.62. The third-order valence-corrected chi connectivity index (χ3v) is 4.79. The van der Waals surface area contributed by atoms with E-state index in [2.05, 4.69) is 5.32 Å². The van der Waals surface area contributed by atoms with Crippen molar-refractivity contribution < 1.29 is 13.2 Å². The van der Waals surface area contributed by atoms with Gasteiger partial charge in [-0.2, -0.15) is 0 Å². The molecule has 0 fully saturated rings. The van der Waals surface area contributed by atoms with Crippen molar-refractivity contribution in [1.82, 2.24) is 0 Å². The van der Waals surface area contributed by atoms with Crippen LogP contribution in [-0.2, 0) is 21.2 Å². The Morgan fingerprint density at radius 2 is 1.83 bits per heavy atom. The molecule has 128 valence electrons. The second kappa shape index (κ2) is 7.49. The van der Waals surface area contributed by atoms with Crippen molar-refractivity contribution in [2.45, 2.75) is 20.3 Å². The highest BCUT2D eigenvalue weighted by Gasteiger charge is 2.21. The molecule has 0 heterocycles. The van der Waals surface area contributed by atoms with E-state index in [4.69, 9.17) is 0 Å². The number of sulfonamides is 1. The third-order valence-electron chi connectivity index (χ3n) is 3.65. The first kappa shape index (κ1) is 18.0. The molecule has 24 heavy (non-hydrogen) atoms. The molecule has 0 bridgehead atoms. The molecule has 0 saturated carbocycles. The molecule has 6 heteroatoms. The minimum Gasteiger partial charge on any atom is -0.324 e. The van der Waals surface area contributed by atoms with Gasteiger partial charge in [0.2, 0.25) is 15.9 Å². The largest absolute Gasteiger partial charge is 0.324 e. The van der Waals surface area contributed by atoms with Gasteiger partial charge in [0.05, 0.1) is 11.9 Å². The molecule has 0 aliphatic carbocycles. The number of carbonyl (C=O) groups excluding carboxylic acids is 1. The number of para-hydroxylation sites is 1. The van der Waals surface area contributed by atoms with Crippen molar-refractivity contribution in [2.75, 3.05) is 22.4 Å². The Hall–Kier alpha value is -2.34. The molecule has 1 amide bonds. The number of carbonyl (C=O) groups is 1. The highest BCUT2D eigenvalue weighted by atomic mass is 32.2. The smallest absolute Gasteiger partial charge is 0.245 e. The summed E-state index contributed by atoms with van der Waals surface area (Å²) in [5.41, 5.74) is 3.13. The topological polar surface area (TPSA) is 66.5 Å². The summed E-state index contributed by atoms with van der Waals surface area (Å²) in [7, 11) is -3.57. The molecule has 0 saturated heterocycles. The maximum Gasteiger partial charge on any atom is 0.245 e. The molecule has 2 aromatic carbocycles. The third kappa shape index (κ3) is 4.58. The van der Waals surface area contributed by atoms with E-state index in [0.29, 0.717) is 11.4 Å². The fraction of sp³-hybridized carbons (Fsp3) is 0.278. The summed E-state index contributed by atoms with van der Waals surface area (Å²) >= 11 is 0. The van der Waals surface area contributed by atoms with E-state index in [1.165, 1.54) is 0 Å². The number of aryl methyl sites for hydroxylation is 2. The molecule has 0 atom stereocenters. The van der Waals surface area contributed by atoms with Crippen LogP contribution in [0.25, 0.3) is 0 Å². The van der Waals surface area contributed by atoms with Crippen LogP contribution < -0.4 is 9.62 Å². The Morgan fingerprint density at radius 3 is 2.46 bits per heavy atom. The summed E-state index contributed by atoms with van der Waals surface area (Å²) < 4.78 is 25.3. The van der Waals surface area contributed by atoms with E-state index in [0.717, 1.165) is 28.1 Å². The van der Waals surface area contributed by atoms with E-state index in [1.807, 2.05) is 44.2 Å². The second-order valence-electron chi connectivity index (χ2n) is 5.67. The Morgan fingerprint density at radius 1 is 1.12 bits per heavy atom. The van der Waals surface area contributed by atoms with Crippen LogP contribution in [0.2, 0.25) is 0 Å². The van der Waals surface area contributed by atoms with Gasteiger partial charge in [-0.1, -0.05) is 37.3 Å². The van der Waals surface area contributed by atoms with Crippen molar-refractivity contribution >= 4 is 27.3 Å². The van der Waals surface area contributed by atoms with Crippen molar-refractivity contribution in [3.8, 4) is 0 Å². The molecule has 0 spiro atoms. The van der Waals surface area contributed by atoms with Gasteiger partial charge in [-0.25, -0.2) is 8.42 Å². The molecule has 5 nitrogen and oxygen atoms in total. The first-order valence-corrected chi connectivity index (χ1v) is 9.58. The van der Waals surface area contributed by atoms with Gasteiger partial charge in [-0.15, -0.1) is 0 Å². The van der Waals surface area contributed by atoms with Gasteiger partial charge >= 0.3 is 0 Å². The molecule has 2 rings (SSSR count). The van der Waals surface area contributed by atoms with Gasteiger partial charge in [-0.05, 0) is 42.7 Å². The Bertz CT molecular complexity index is 832. The fourth-order valence-corrected chi connectivity index (χ4v) is 3.30. The SMILES string of the molecule is CCc1ccccc1NC(=O)CN(c1cccc(C)c1)S(C)(=O)=O. The van der Waals surface area contributed by atoms with Crippen LogP contribution >= 0.6 is 0 Å². The van der Waals surface area contributed by atoms with E-state index in [-0.39, 0.29) is 12.5 Å². The molecule has 0 unspecified atom stereocenters. The lowest BCUT2D eigenvalue weighted by atomic mass is 10.1. The average Bonchev–Trinajstić information content (AvgIpc) is 2.52. The maximum absolute atomic E-state index is 12.4. The quantitative estimate of drug-likeness (QED) is 0.874. The molecule has 1 N–H and O–H groups in total. The predicted molar refractivity (Wildman–Crippen MR) is 97.8 cm³/mol. The van der Waals surface area contributed by atoms with Crippen LogP contribution in [0.5, 0.6) is 0 Å². The summed E-state index contributed by atoms with van der Waals surface area (Å²) in [6, 6.07) is 14.6. The van der Waals surface area contributed by atoms with Gasteiger partial charge in [0.25, 0.3) is 0 Å². The lowest BCUT2D eigenvalue weighted by Crippen LogP contribution is -2.37. The highest BCUT2D eigenvalue weighted by Crippen LogP contribution is 2.20. The van der Waals surface area contributed by atoms with Gasteiger partial charge in [0.15, 0.2) is 0 Å². The Labute approximate surface area is 143 Å². The van der Waals surface area contributed by atoms with E-state index >= 15 is 0 Å². The molecule has 0 radical (unpaired) electrons. The number of hydrogen-bond donors (Lipinski definition) is 1.